The van der Waals surface area contributed by atoms with Crippen LogP contribution in [-0.4, -0.2) is 53.7 Å². The normalized spacial score (nSPS) is 18.7. The van der Waals surface area contributed by atoms with Gasteiger partial charge in [0.2, 0.25) is 0 Å². The molecule has 162 valence electrons. The lowest BCUT2D eigenvalue weighted by molar-refractivity contribution is -0.134. The summed E-state index contributed by atoms with van der Waals surface area (Å²) < 4.78 is 0. The Morgan fingerprint density at radius 1 is 1.16 bits per heavy atom. The van der Waals surface area contributed by atoms with E-state index in [0.29, 0.717) is 21.5 Å². The molecule has 2 atom stereocenters. The largest absolute Gasteiger partial charge is 0.480 e. The Hall–Kier alpha value is -3.17. The van der Waals surface area contributed by atoms with E-state index >= 15 is 0 Å². The Morgan fingerprint density at radius 2 is 1.87 bits per heavy atom. The van der Waals surface area contributed by atoms with E-state index in [1.165, 1.54) is 11.3 Å². The molecule has 0 spiro atoms. The van der Waals surface area contributed by atoms with Gasteiger partial charge >= 0.3 is 5.97 Å². The van der Waals surface area contributed by atoms with Gasteiger partial charge in [-0.1, -0.05) is 41.7 Å². The van der Waals surface area contributed by atoms with E-state index in [4.69, 9.17) is 5.11 Å². The highest BCUT2D eigenvalue weighted by Crippen LogP contribution is 2.32. The molecule has 0 aliphatic carbocycles. The van der Waals surface area contributed by atoms with Gasteiger partial charge in [-0.15, -0.1) is 0 Å². The number of thiazole rings is 1. The highest BCUT2D eigenvalue weighted by Gasteiger charge is 2.26. The second kappa shape index (κ2) is 8.91. The van der Waals surface area contributed by atoms with Gasteiger partial charge in [-0.05, 0) is 36.8 Å². The van der Waals surface area contributed by atoms with Crippen LogP contribution in [-0.2, 0) is 4.79 Å². The van der Waals surface area contributed by atoms with Gasteiger partial charge in [0.25, 0.3) is 5.91 Å². The van der Waals surface area contributed by atoms with Crippen molar-refractivity contribution in [3.63, 3.8) is 0 Å². The van der Waals surface area contributed by atoms with Crippen LogP contribution in [0.15, 0.2) is 42.5 Å². The zero-order valence-corrected chi connectivity index (χ0v) is 18.2. The SMILES string of the molecule is C[C@@H]1CN(c2nc(NCC(=O)O)c(C(=O)Nc3ccc4ccccc4c3)s2)C[C@H](C)N1. The molecule has 0 radical (unpaired) electrons. The maximum absolute atomic E-state index is 13.1. The quantitative estimate of drug-likeness (QED) is 0.467. The minimum absolute atomic E-state index is 0.290. The van der Waals surface area contributed by atoms with Crippen LogP contribution in [0.25, 0.3) is 10.8 Å². The second-order valence-corrected chi connectivity index (χ2v) is 8.79. The van der Waals surface area contributed by atoms with Gasteiger partial charge in [0.1, 0.15) is 11.4 Å². The number of hydrogen-bond acceptors (Lipinski definition) is 7. The predicted octanol–water partition coefficient (Wildman–Crippen LogP) is 3.23. The number of carboxylic acids is 1. The minimum Gasteiger partial charge on any atom is -0.480 e. The summed E-state index contributed by atoms with van der Waals surface area (Å²) in [6.45, 7) is 5.43. The molecule has 4 N–H and O–H groups in total. The number of carbonyl (C=O) groups excluding carboxylic acids is 1. The van der Waals surface area contributed by atoms with Gasteiger partial charge in [-0.25, -0.2) is 4.98 Å². The third-order valence-corrected chi connectivity index (χ3v) is 6.18. The number of hydrogen-bond donors (Lipinski definition) is 4. The zero-order valence-electron chi connectivity index (χ0n) is 17.4. The Bertz CT molecular complexity index is 1110. The Kier molecular flexibility index (Phi) is 6.06. The zero-order chi connectivity index (χ0) is 22.0. The Balaban J connectivity index is 1.60. The van der Waals surface area contributed by atoms with E-state index < -0.39 is 5.97 Å². The lowest BCUT2D eigenvalue weighted by Crippen LogP contribution is -2.54. The lowest BCUT2D eigenvalue weighted by atomic mass is 10.1. The molecule has 3 aromatic rings. The molecule has 4 rings (SSSR count). The molecule has 1 aliphatic heterocycles. The molecule has 8 nitrogen and oxygen atoms in total. The number of carbonyl (C=O) groups is 2. The summed E-state index contributed by atoms with van der Waals surface area (Å²) in [4.78, 5) is 31.2. The molecule has 2 heterocycles. The molecule has 9 heteroatoms. The number of nitrogens with zero attached hydrogens (tertiary/aromatic N) is 2. The van der Waals surface area contributed by atoms with Crippen molar-refractivity contribution in [2.24, 2.45) is 0 Å². The van der Waals surface area contributed by atoms with E-state index in [9.17, 15) is 9.59 Å². The summed E-state index contributed by atoms with van der Waals surface area (Å²) in [5.74, 6) is -1.04. The van der Waals surface area contributed by atoms with E-state index in [2.05, 4.69) is 39.7 Å². The molecule has 31 heavy (non-hydrogen) atoms. The van der Waals surface area contributed by atoms with Gasteiger partial charge in [0, 0.05) is 30.9 Å². The van der Waals surface area contributed by atoms with E-state index in [-0.39, 0.29) is 24.5 Å². The van der Waals surface area contributed by atoms with Gasteiger partial charge in [-0.3, -0.25) is 9.59 Å². The number of aliphatic carboxylic acids is 1. The maximum Gasteiger partial charge on any atom is 0.322 e. The van der Waals surface area contributed by atoms with Crippen LogP contribution in [0.4, 0.5) is 16.6 Å². The number of benzene rings is 2. The molecular formula is C22H25N5O3S. The number of carboxylic acid groups (broad SMARTS) is 1. The fourth-order valence-electron chi connectivity index (χ4n) is 3.82. The van der Waals surface area contributed by atoms with Crippen molar-refractivity contribution in [2.75, 3.05) is 35.2 Å². The van der Waals surface area contributed by atoms with Gasteiger partial charge in [-0.2, -0.15) is 0 Å². The second-order valence-electron chi connectivity index (χ2n) is 7.81. The topological polar surface area (TPSA) is 107 Å². The first-order valence-electron chi connectivity index (χ1n) is 10.2. The van der Waals surface area contributed by atoms with Crippen LogP contribution < -0.4 is 20.9 Å². The first kappa shape index (κ1) is 21.1. The van der Waals surface area contributed by atoms with Gasteiger partial charge < -0.3 is 26.0 Å². The number of anilines is 3. The van der Waals surface area contributed by atoms with E-state index in [0.717, 1.165) is 23.9 Å². The molecule has 1 fully saturated rings. The van der Waals surface area contributed by atoms with Crippen molar-refractivity contribution in [1.82, 2.24) is 10.3 Å². The van der Waals surface area contributed by atoms with Crippen molar-refractivity contribution < 1.29 is 14.7 Å². The van der Waals surface area contributed by atoms with Crippen molar-refractivity contribution in [3.8, 4) is 0 Å². The highest BCUT2D eigenvalue weighted by molar-refractivity contribution is 7.18. The van der Waals surface area contributed by atoms with Gasteiger partial charge in [0.15, 0.2) is 10.9 Å². The maximum atomic E-state index is 13.1. The monoisotopic (exact) mass is 439 g/mol. The number of nitrogens with one attached hydrogen (secondary N) is 3. The first-order chi connectivity index (χ1) is 14.9. The Labute approximate surface area is 184 Å². The van der Waals surface area contributed by atoms with Crippen LogP contribution in [0.1, 0.15) is 23.5 Å². The number of piperazine rings is 1. The molecule has 1 aliphatic rings. The van der Waals surface area contributed by atoms with E-state index in [1.54, 1.807) is 0 Å². The molecule has 1 saturated heterocycles. The fraction of sp³-hybridized carbons (Fsp3) is 0.318. The van der Waals surface area contributed by atoms with Crippen molar-refractivity contribution >= 4 is 50.6 Å². The first-order valence-corrected chi connectivity index (χ1v) is 11.0. The summed E-state index contributed by atoms with van der Waals surface area (Å²) in [6.07, 6.45) is 0. The molecule has 0 saturated carbocycles. The molecule has 1 amide bonds. The molecule has 0 bridgehead atoms. The molecule has 0 unspecified atom stereocenters. The summed E-state index contributed by atoms with van der Waals surface area (Å²) in [5, 5.41) is 21.1. The van der Waals surface area contributed by atoms with Crippen LogP contribution >= 0.6 is 11.3 Å². The van der Waals surface area contributed by atoms with Crippen LogP contribution in [0.5, 0.6) is 0 Å². The average Bonchev–Trinajstić information content (AvgIpc) is 3.16. The summed E-state index contributed by atoms with van der Waals surface area (Å²) >= 11 is 1.27. The van der Waals surface area contributed by atoms with Crippen LogP contribution in [0, 0.1) is 0 Å². The summed E-state index contributed by atoms with van der Waals surface area (Å²) in [5.41, 5.74) is 0.673. The number of fused-ring (bicyclic) bond motifs is 1. The van der Waals surface area contributed by atoms with E-state index in [1.807, 2.05) is 42.5 Å². The van der Waals surface area contributed by atoms with Crippen molar-refractivity contribution in [3.05, 3.63) is 47.3 Å². The van der Waals surface area contributed by atoms with Crippen LogP contribution in [0.3, 0.4) is 0 Å². The third kappa shape index (κ3) is 4.95. The summed E-state index contributed by atoms with van der Waals surface area (Å²) in [6, 6.07) is 14.2. The molecular weight excluding hydrogens is 414 g/mol. The smallest absolute Gasteiger partial charge is 0.322 e. The lowest BCUT2D eigenvalue weighted by Gasteiger charge is -2.35. The molecule has 2 aromatic carbocycles. The standard InChI is InChI=1S/C22H25N5O3S/c1-13-11-27(12-14(2)24-13)22-26-20(23-10-18(28)29)19(31-22)21(30)25-17-8-7-15-5-3-4-6-16(15)9-17/h3-9,13-14,23-24H,10-12H2,1-2H3,(H,25,30)(H,28,29)/t13-,14+. The predicted molar refractivity (Wildman–Crippen MR) is 124 cm³/mol. The van der Waals surface area contributed by atoms with Crippen molar-refractivity contribution in [1.29, 1.82) is 0 Å². The number of rotatable bonds is 6. The van der Waals surface area contributed by atoms with Crippen LogP contribution in [0.2, 0.25) is 0 Å². The minimum atomic E-state index is -1.01. The Morgan fingerprint density at radius 3 is 2.58 bits per heavy atom. The van der Waals surface area contributed by atoms with Gasteiger partial charge in [0.05, 0.1) is 0 Å². The fourth-order valence-corrected chi connectivity index (χ4v) is 4.77. The number of aromatic nitrogens is 1. The summed E-state index contributed by atoms with van der Waals surface area (Å²) in [7, 11) is 0. The third-order valence-electron chi connectivity index (χ3n) is 5.06. The molecule has 1 aromatic heterocycles. The van der Waals surface area contributed by atoms with Crippen molar-refractivity contribution in [2.45, 2.75) is 25.9 Å². The number of amides is 1. The average molecular weight is 440 g/mol. The highest BCUT2D eigenvalue weighted by atomic mass is 32.1.